The molecule has 8 heteroatoms. The number of primary amides is 1. The number of nitrogens with zero attached hydrogens (tertiary/aromatic N) is 2. The van der Waals surface area contributed by atoms with Crippen molar-refractivity contribution >= 4 is 17.7 Å². The van der Waals surface area contributed by atoms with Crippen LogP contribution >= 0.6 is 0 Å². The Bertz CT molecular complexity index is 464. The summed E-state index contributed by atoms with van der Waals surface area (Å²) in [6.45, 7) is 6.75. The number of nitrogens with one attached hydrogen (secondary N) is 1. The van der Waals surface area contributed by atoms with E-state index in [0.29, 0.717) is 19.5 Å². The van der Waals surface area contributed by atoms with Crippen LogP contribution in [-0.4, -0.2) is 80.0 Å². The van der Waals surface area contributed by atoms with Crippen molar-refractivity contribution in [1.82, 2.24) is 15.1 Å². The lowest BCUT2D eigenvalue weighted by Crippen LogP contribution is -2.43. The van der Waals surface area contributed by atoms with Crippen LogP contribution in [0.4, 0.5) is 0 Å². The van der Waals surface area contributed by atoms with Gasteiger partial charge in [-0.1, -0.05) is 6.92 Å². The Morgan fingerprint density at radius 1 is 1.30 bits per heavy atom. The van der Waals surface area contributed by atoms with Crippen LogP contribution < -0.4 is 11.1 Å². The first-order valence-corrected chi connectivity index (χ1v) is 8.05. The van der Waals surface area contributed by atoms with Crippen LogP contribution in [0.15, 0.2) is 0 Å². The Morgan fingerprint density at radius 2 is 2.00 bits per heavy atom. The predicted octanol–water partition coefficient (Wildman–Crippen LogP) is -1.45. The lowest BCUT2D eigenvalue weighted by atomic mass is 9.85. The molecular formula is C15H26N4O4. The molecule has 0 bridgehead atoms. The molecule has 2 aliphatic heterocycles. The van der Waals surface area contributed by atoms with Gasteiger partial charge in [-0.3, -0.25) is 19.3 Å². The predicted molar refractivity (Wildman–Crippen MR) is 83.4 cm³/mol. The molecule has 0 spiro atoms. The maximum absolute atomic E-state index is 12.3. The van der Waals surface area contributed by atoms with Crippen molar-refractivity contribution < 1.29 is 19.1 Å². The molecule has 2 heterocycles. The maximum Gasteiger partial charge on any atom is 0.237 e. The summed E-state index contributed by atoms with van der Waals surface area (Å²) in [6.07, 6.45) is 0.709. The van der Waals surface area contributed by atoms with Crippen LogP contribution in [0.25, 0.3) is 0 Å². The number of ether oxygens (including phenoxy) is 1. The van der Waals surface area contributed by atoms with Gasteiger partial charge in [-0.25, -0.2) is 0 Å². The summed E-state index contributed by atoms with van der Waals surface area (Å²) >= 11 is 0. The van der Waals surface area contributed by atoms with Gasteiger partial charge in [0, 0.05) is 39.1 Å². The normalized spacial score (nSPS) is 25.6. The number of likely N-dealkylation sites (tertiary alicyclic amines) is 1. The molecule has 23 heavy (non-hydrogen) atoms. The maximum atomic E-state index is 12.3. The van der Waals surface area contributed by atoms with Crippen LogP contribution in [0.2, 0.25) is 0 Å². The molecule has 8 nitrogen and oxygen atoms in total. The first kappa shape index (κ1) is 17.7. The third kappa shape index (κ3) is 4.90. The average Bonchev–Trinajstić information content (AvgIpc) is 2.76. The van der Waals surface area contributed by atoms with Crippen LogP contribution in [0, 0.1) is 5.41 Å². The van der Waals surface area contributed by atoms with Crippen molar-refractivity contribution in [2.45, 2.75) is 19.8 Å². The van der Waals surface area contributed by atoms with Gasteiger partial charge in [-0.05, 0) is 6.42 Å². The zero-order valence-corrected chi connectivity index (χ0v) is 13.7. The summed E-state index contributed by atoms with van der Waals surface area (Å²) in [5, 5.41) is 2.87. The number of rotatable bonds is 7. The number of amides is 3. The smallest absolute Gasteiger partial charge is 0.237 e. The Kier molecular flexibility index (Phi) is 5.95. The van der Waals surface area contributed by atoms with E-state index < -0.39 is 11.3 Å². The SMILES string of the molecule is CC1(CC(=O)NCCN2CCOCC2)CCN(CC(N)=O)C1=O. The van der Waals surface area contributed by atoms with E-state index in [1.54, 1.807) is 6.92 Å². The zero-order chi connectivity index (χ0) is 16.9. The topological polar surface area (TPSA) is 105 Å². The highest BCUT2D eigenvalue weighted by Gasteiger charge is 2.44. The van der Waals surface area contributed by atoms with Gasteiger partial charge >= 0.3 is 0 Å². The molecule has 3 amide bonds. The van der Waals surface area contributed by atoms with Gasteiger partial charge in [0.2, 0.25) is 17.7 Å². The molecule has 0 aromatic rings. The summed E-state index contributed by atoms with van der Waals surface area (Å²) in [7, 11) is 0. The van der Waals surface area contributed by atoms with Gasteiger partial charge in [0.1, 0.15) is 0 Å². The van der Waals surface area contributed by atoms with E-state index in [1.807, 2.05) is 0 Å². The Morgan fingerprint density at radius 3 is 2.65 bits per heavy atom. The summed E-state index contributed by atoms with van der Waals surface area (Å²) in [5.74, 6) is -0.827. The second-order valence-electron chi connectivity index (χ2n) is 6.48. The van der Waals surface area contributed by atoms with Gasteiger partial charge in [0.05, 0.1) is 25.2 Å². The Labute approximate surface area is 136 Å². The van der Waals surface area contributed by atoms with Crippen molar-refractivity contribution in [1.29, 1.82) is 0 Å². The zero-order valence-electron chi connectivity index (χ0n) is 13.7. The fourth-order valence-electron chi connectivity index (χ4n) is 3.07. The van der Waals surface area contributed by atoms with Crippen molar-refractivity contribution in [3.63, 3.8) is 0 Å². The highest BCUT2D eigenvalue weighted by atomic mass is 16.5. The molecule has 1 atom stereocenters. The van der Waals surface area contributed by atoms with E-state index >= 15 is 0 Å². The monoisotopic (exact) mass is 326 g/mol. The lowest BCUT2D eigenvalue weighted by molar-refractivity contribution is -0.140. The third-order valence-corrected chi connectivity index (χ3v) is 4.49. The molecule has 0 aliphatic carbocycles. The van der Waals surface area contributed by atoms with E-state index in [-0.39, 0.29) is 24.8 Å². The fourth-order valence-corrected chi connectivity index (χ4v) is 3.07. The summed E-state index contributed by atoms with van der Waals surface area (Å²) in [5.41, 5.74) is 4.40. The lowest BCUT2D eigenvalue weighted by Gasteiger charge is -2.27. The second-order valence-corrected chi connectivity index (χ2v) is 6.48. The number of nitrogens with two attached hydrogens (primary N) is 1. The Balaban J connectivity index is 1.73. The summed E-state index contributed by atoms with van der Waals surface area (Å²) in [4.78, 5) is 39.1. The molecule has 2 rings (SSSR count). The highest BCUT2D eigenvalue weighted by molar-refractivity contribution is 5.92. The molecule has 0 aromatic carbocycles. The van der Waals surface area contributed by atoms with Gasteiger partial charge in [-0.2, -0.15) is 0 Å². The molecule has 0 aromatic heterocycles. The first-order chi connectivity index (χ1) is 10.9. The van der Waals surface area contributed by atoms with Crippen molar-refractivity contribution in [3.05, 3.63) is 0 Å². The van der Waals surface area contributed by atoms with E-state index in [2.05, 4.69) is 10.2 Å². The number of carbonyl (C=O) groups is 3. The highest BCUT2D eigenvalue weighted by Crippen LogP contribution is 2.34. The molecule has 2 fully saturated rings. The molecule has 2 aliphatic rings. The quantitative estimate of drug-likeness (QED) is 0.595. The van der Waals surface area contributed by atoms with Crippen LogP contribution in [0.3, 0.4) is 0 Å². The fraction of sp³-hybridized carbons (Fsp3) is 0.800. The minimum absolute atomic E-state index is 0.0763. The molecule has 3 N–H and O–H groups in total. The van der Waals surface area contributed by atoms with Crippen molar-refractivity contribution in [2.24, 2.45) is 11.1 Å². The van der Waals surface area contributed by atoms with E-state index in [0.717, 1.165) is 32.8 Å². The van der Waals surface area contributed by atoms with Crippen LogP contribution in [0.5, 0.6) is 0 Å². The number of carbonyl (C=O) groups excluding carboxylic acids is 3. The van der Waals surface area contributed by atoms with E-state index in [9.17, 15) is 14.4 Å². The standard InChI is InChI=1S/C15H26N4O4/c1-15(2-4-19(14(15)22)11-12(16)20)10-13(21)17-3-5-18-6-8-23-9-7-18/h2-11H2,1H3,(H2,16,20)(H,17,21). The van der Waals surface area contributed by atoms with Crippen molar-refractivity contribution in [2.75, 3.05) is 52.5 Å². The number of morpholine rings is 1. The Hall–Kier alpha value is -1.67. The minimum atomic E-state index is -0.738. The minimum Gasteiger partial charge on any atom is -0.379 e. The van der Waals surface area contributed by atoms with Crippen LogP contribution in [0.1, 0.15) is 19.8 Å². The molecule has 2 saturated heterocycles. The van der Waals surface area contributed by atoms with Crippen molar-refractivity contribution in [3.8, 4) is 0 Å². The van der Waals surface area contributed by atoms with E-state index in [4.69, 9.17) is 10.5 Å². The molecular weight excluding hydrogens is 300 g/mol. The third-order valence-electron chi connectivity index (χ3n) is 4.49. The average molecular weight is 326 g/mol. The number of hydrogen-bond donors (Lipinski definition) is 2. The molecule has 0 saturated carbocycles. The second kappa shape index (κ2) is 7.74. The molecule has 0 radical (unpaired) electrons. The molecule has 1 unspecified atom stereocenters. The first-order valence-electron chi connectivity index (χ1n) is 8.05. The van der Waals surface area contributed by atoms with Crippen LogP contribution in [-0.2, 0) is 19.1 Å². The summed E-state index contributed by atoms with van der Waals surface area (Å²) in [6, 6.07) is 0. The molecule has 130 valence electrons. The van der Waals surface area contributed by atoms with Gasteiger partial charge < -0.3 is 20.7 Å². The summed E-state index contributed by atoms with van der Waals surface area (Å²) < 4.78 is 5.27. The van der Waals surface area contributed by atoms with E-state index in [1.165, 1.54) is 4.90 Å². The van der Waals surface area contributed by atoms with Gasteiger partial charge in [0.15, 0.2) is 0 Å². The largest absolute Gasteiger partial charge is 0.379 e. The van der Waals surface area contributed by atoms with Gasteiger partial charge in [-0.15, -0.1) is 0 Å². The number of hydrogen-bond acceptors (Lipinski definition) is 5. The van der Waals surface area contributed by atoms with Gasteiger partial charge in [0.25, 0.3) is 0 Å².